The van der Waals surface area contributed by atoms with Crippen LogP contribution in [0.15, 0.2) is 36.0 Å². The number of rotatable bonds is 1. The highest BCUT2D eigenvalue weighted by Gasteiger charge is 1.92. The van der Waals surface area contributed by atoms with Crippen molar-refractivity contribution in [3.05, 3.63) is 41.6 Å². The summed E-state index contributed by atoms with van der Waals surface area (Å²) < 4.78 is 0. The minimum absolute atomic E-state index is 1.12. The minimum Gasteiger partial charge on any atom is -0.361 e. The summed E-state index contributed by atoms with van der Waals surface area (Å²) in [5.74, 6) is 0. The van der Waals surface area contributed by atoms with Crippen LogP contribution < -0.4 is 0 Å². The van der Waals surface area contributed by atoms with Gasteiger partial charge in [-0.15, -0.1) is 0 Å². The molecule has 1 heterocycles. The van der Waals surface area contributed by atoms with Crippen molar-refractivity contribution < 1.29 is 0 Å². The molecule has 12 heavy (non-hydrogen) atoms. The molecule has 0 bridgehead atoms. The third kappa shape index (κ3) is 1.23. The standard InChI is InChI=1S/C10H8ClN/c11-5-3-8-1-2-10-9(7-8)4-6-12-10/h1-7,12H/b5-3-. The molecular weight excluding hydrogens is 170 g/mol. The van der Waals surface area contributed by atoms with Crippen molar-refractivity contribution >= 4 is 28.6 Å². The average molecular weight is 178 g/mol. The lowest BCUT2D eigenvalue weighted by molar-refractivity contribution is 1.48. The molecular formula is C10H8ClN. The molecule has 0 radical (unpaired) electrons. The first-order valence-electron chi connectivity index (χ1n) is 3.74. The predicted octanol–water partition coefficient (Wildman–Crippen LogP) is 3.38. The van der Waals surface area contributed by atoms with Gasteiger partial charge in [0.25, 0.3) is 0 Å². The van der Waals surface area contributed by atoms with E-state index in [-0.39, 0.29) is 0 Å². The summed E-state index contributed by atoms with van der Waals surface area (Å²) in [4.78, 5) is 3.13. The second-order valence-electron chi connectivity index (χ2n) is 2.62. The third-order valence-electron chi connectivity index (χ3n) is 1.83. The van der Waals surface area contributed by atoms with Crippen LogP contribution in [0.5, 0.6) is 0 Å². The molecule has 2 aromatic rings. The summed E-state index contributed by atoms with van der Waals surface area (Å²) in [6, 6.07) is 8.20. The summed E-state index contributed by atoms with van der Waals surface area (Å²) in [6.45, 7) is 0. The number of fused-ring (bicyclic) bond motifs is 1. The molecule has 1 N–H and O–H groups in total. The van der Waals surface area contributed by atoms with Gasteiger partial charge in [-0.2, -0.15) is 0 Å². The quantitative estimate of drug-likeness (QED) is 0.688. The normalized spacial score (nSPS) is 11.4. The van der Waals surface area contributed by atoms with E-state index < -0.39 is 0 Å². The van der Waals surface area contributed by atoms with Gasteiger partial charge in [-0.3, -0.25) is 0 Å². The summed E-state index contributed by atoms with van der Waals surface area (Å²) in [5, 5.41) is 1.21. The maximum absolute atomic E-state index is 5.47. The Kier molecular flexibility index (Phi) is 1.88. The molecule has 2 heteroatoms. The first kappa shape index (κ1) is 7.44. The van der Waals surface area contributed by atoms with Crippen LogP contribution in [0.4, 0.5) is 0 Å². The van der Waals surface area contributed by atoms with E-state index in [4.69, 9.17) is 11.6 Å². The maximum Gasteiger partial charge on any atom is 0.0454 e. The fourth-order valence-corrected chi connectivity index (χ4v) is 1.39. The molecule has 2 rings (SSSR count). The highest BCUT2D eigenvalue weighted by molar-refractivity contribution is 6.27. The third-order valence-corrected chi connectivity index (χ3v) is 1.96. The first-order chi connectivity index (χ1) is 5.90. The van der Waals surface area contributed by atoms with Crippen molar-refractivity contribution in [1.82, 2.24) is 4.98 Å². The van der Waals surface area contributed by atoms with E-state index >= 15 is 0 Å². The molecule has 0 spiro atoms. The van der Waals surface area contributed by atoms with Crippen LogP contribution in [-0.2, 0) is 0 Å². The maximum atomic E-state index is 5.47. The van der Waals surface area contributed by atoms with Crippen molar-refractivity contribution in [2.75, 3.05) is 0 Å². The monoisotopic (exact) mass is 177 g/mol. The molecule has 0 unspecified atom stereocenters. The Bertz CT molecular complexity index is 414. The van der Waals surface area contributed by atoms with E-state index in [9.17, 15) is 0 Å². The van der Waals surface area contributed by atoms with Gasteiger partial charge >= 0.3 is 0 Å². The van der Waals surface area contributed by atoms with Gasteiger partial charge in [-0.05, 0) is 35.2 Å². The molecule has 0 aliphatic heterocycles. The van der Waals surface area contributed by atoms with E-state index in [1.54, 1.807) is 0 Å². The Hall–Kier alpha value is -1.21. The van der Waals surface area contributed by atoms with Gasteiger partial charge in [0.15, 0.2) is 0 Å². The SMILES string of the molecule is Cl/C=C\c1ccc2[nH]ccc2c1. The van der Waals surface area contributed by atoms with E-state index in [1.807, 2.05) is 30.5 Å². The molecule has 0 saturated heterocycles. The lowest BCUT2D eigenvalue weighted by atomic mass is 10.1. The Balaban J connectivity index is 2.60. The molecule has 0 amide bonds. The van der Waals surface area contributed by atoms with Crippen LogP contribution in [0, 0.1) is 0 Å². The Labute approximate surface area is 75.7 Å². The summed E-state index contributed by atoms with van der Waals surface area (Å²) in [5.41, 5.74) is 3.80. The Morgan fingerprint density at radius 1 is 1.25 bits per heavy atom. The zero-order chi connectivity index (χ0) is 8.39. The zero-order valence-electron chi connectivity index (χ0n) is 6.42. The molecule has 0 atom stereocenters. The van der Waals surface area contributed by atoms with Crippen molar-refractivity contribution in [2.24, 2.45) is 0 Å². The van der Waals surface area contributed by atoms with Gasteiger partial charge in [-0.25, -0.2) is 0 Å². The minimum atomic E-state index is 1.12. The molecule has 1 nitrogen and oxygen atoms in total. The second-order valence-corrected chi connectivity index (χ2v) is 2.87. The van der Waals surface area contributed by atoms with Gasteiger partial charge in [0.2, 0.25) is 0 Å². The van der Waals surface area contributed by atoms with Gasteiger partial charge in [0.05, 0.1) is 0 Å². The highest BCUT2D eigenvalue weighted by atomic mass is 35.5. The van der Waals surface area contributed by atoms with Crippen LogP contribution in [0.25, 0.3) is 17.0 Å². The largest absolute Gasteiger partial charge is 0.361 e. The van der Waals surface area contributed by atoms with E-state index in [0.717, 1.165) is 11.1 Å². The van der Waals surface area contributed by atoms with Crippen LogP contribution >= 0.6 is 11.6 Å². The van der Waals surface area contributed by atoms with E-state index in [2.05, 4.69) is 11.1 Å². The molecule has 60 valence electrons. The van der Waals surface area contributed by atoms with Crippen molar-refractivity contribution in [3.8, 4) is 0 Å². The second kappa shape index (κ2) is 3.03. The van der Waals surface area contributed by atoms with Crippen molar-refractivity contribution in [3.63, 3.8) is 0 Å². The van der Waals surface area contributed by atoms with E-state index in [0.29, 0.717) is 0 Å². The number of benzene rings is 1. The smallest absolute Gasteiger partial charge is 0.0454 e. The average Bonchev–Trinajstić information content (AvgIpc) is 2.51. The van der Waals surface area contributed by atoms with E-state index in [1.165, 1.54) is 10.9 Å². The van der Waals surface area contributed by atoms with Gasteiger partial charge < -0.3 is 4.98 Å². The van der Waals surface area contributed by atoms with Crippen LogP contribution in [-0.4, -0.2) is 4.98 Å². The number of halogens is 1. The number of aromatic nitrogens is 1. The lowest BCUT2D eigenvalue weighted by Crippen LogP contribution is -1.71. The van der Waals surface area contributed by atoms with Gasteiger partial charge in [0.1, 0.15) is 0 Å². The fourth-order valence-electron chi connectivity index (χ4n) is 1.25. The summed E-state index contributed by atoms with van der Waals surface area (Å²) >= 11 is 5.47. The number of H-pyrrole nitrogens is 1. The molecule has 1 aromatic heterocycles. The molecule has 0 saturated carbocycles. The van der Waals surface area contributed by atoms with Crippen LogP contribution in [0.1, 0.15) is 5.56 Å². The molecule has 0 fully saturated rings. The first-order valence-corrected chi connectivity index (χ1v) is 4.18. The molecule has 0 aliphatic carbocycles. The molecule has 1 aromatic carbocycles. The van der Waals surface area contributed by atoms with Crippen molar-refractivity contribution in [2.45, 2.75) is 0 Å². The topological polar surface area (TPSA) is 15.8 Å². The summed E-state index contributed by atoms with van der Waals surface area (Å²) in [7, 11) is 0. The van der Waals surface area contributed by atoms with Gasteiger partial charge in [-0.1, -0.05) is 17.7 Å². The number of nitrogens with one attached hydrogen (secondary N) is 1. The number of hydrogen-bond donors (Lipinski definition) is 1. The zero-order valence-corrected chi connectivity index (χ0v) is 7.18. The highest BCUT2D eigenvalue weighted by Crippen LogP contribution is 2.15. The number of hydrogen-bond acceptors (Lipinski definition) is 0. The van der Waals surface area contributed by atoms with Crippen molar-refractivity contribution in [1.29, 1.82) is 0 Å². The lowest BCUT2D eigenvalue weighted by Gasteiger charge is -1.92. The summed E-state index contributed by atoms with van der Waals surface area (Å²) in [6.07, 6.45) is 3.80. The Morgan fingerprint density at radius 3 is 3.00 bits per heavy atom. The molecule has 0 aliphatic rings. The van der Waals surface area contributed by atoms with Crippen LogP contribution in [0.2, 0.25) is 0 Å². The van der Waals surface area contributed by atoms with Crippen LogP contribution in [0.3, 0.4) is 0 Å². The predicted molar refractivity (Wildman–Crippen MR) is 53.2 cm³/mol. The Morgan fingerprint density at radius 2 is 2.17 bits per heavy atom. The number of aromatic amines is 1. The van der Waals surface area contributed by atoms with Gasteiger partial charge in [0, 0.05) is 17.2 Å². The fraction of sp³-hybridized carbons (Fsp3) is 0.